The van der Waals surface area contributed by atoms with Crippen molar-refractivity contribution in [1.29, 1.82) is 0 Å². The van der Waals surface area contributed by atoms with E-state index in [-0.39, 0.29) is 11.5 Å². The topological polar surface area (TPSA) is 119 Å². The van der Waals surface area contributed by atoms with Crippen molar-refractivity contribution in [2.24, 2.45) is 5.73 Å². The monoisotopic (exact) mass is 289 g/mol. The highest BCUT2D eigenvalue weighted by molar-refractivity contribution is 5.89. The van der Waals surface area contributed by atoms with E-state index >= 15 is 0 Å². The number of aliphatic hydroxyl groups is 2. The molecule has 1 aromatic heterocycles. The zero-order chi connectivity index (χ0) is 15.4. The molecule has 0 saturated carbocycles. The number of primary amides is 1. The van der Waals surface area contributed by atoms with Gasteiger partial charge in [-0.1, -0.05) is 0 Å². The highest BCUT2D eigenvalue weighted by Gasteiger charge is 2.15. The summed E-state index contributed by atoms with van der Waals surface area (Å²) in [4.78, 5) is 19.2. The summed E-state index contributed by atoms with van der Waals surface area (Å²) in [6.07, 6.45) is -1.21. The largest absolute Gasteiger partial charge is 0.497 e. The van der Waals surface area contributed by atoms with Crippen LogP contribution in [0.1, 0.15) is 22.4 Å². The zero-order valence-corrected chi connectivity index (χ0v) is 11.4. The third-order valence-electron chi connectivity index (χ3n) is 2.87. The number of aliphatic hydroxyl groups excluding tert-OH is 2. The third-order valence-corrected chi connectivity index (χ3v) is 2.87. The molecule has 1 heterocycles. The molecule has 1 amide bonds. The number of carbonyl (C=O) groups excluding carboxylic acids is 1. The summed E-state index contributed by atoms with van der Waals surface area (Å²) in [5.41, 5.74) is 6.44. The van der Waals surface area contributed by atoms with Crippen molar-refractivity contribution in [3.63, 3.8) is 0 Å². The summed E-state index contributed by atoms with van der Waals surface area (Å²) in [6, 6.07) is 8.48. The molecule has 1 aromatic carbocycles. The molecule has 0 spiro atoms. The fraction of sp³-hybridized carbons (Fsp3) is 0.214. The Labute approximate surface area is 121 Å². The maximum atomic E-state index is 11.3. The molecule has 2 aromatic rings. The van der Waals surface area contributed by atoms with Crippen molar-refractivity contribution in [3.05, 3.63) is 41.9 Å². The first-order valence-electron chi connectivity index (χ1n) is 6.17. The fourth-order valence-electron chi connectivity index (χ4n) is 1.75. The maximum Gasteiger partial charge on any atom is 0.286 e. The number of hydrogen-bond donors (Lipinski definition) is 3. The molecule has 110 valence electrons. The van der Waals surface area contributed by atoms with Gasteiger partial charge in [0.15, 0.2) is 0 Å². The predicted octanol–water partition coefficient (Wildman–Crippen LogP) is 0.277. The van der Waals surface area contributed by atoms with E-state index in [2.05, 4.69) is 9.97 Å². The van der Waals surface area contributed by atoms with Crippen molar-refractivity contribution in [3.8, 4) is 17.0 Å². The highest BCUT2D eigenvalue weighted by atomic mass is 16.5. The van der Waals surface area contributed by atoms with E-state index in [9.17, 15) is 9.90 Å². The van der Waals surface area contributed by atoms with Crippen molar-refractivity contribution in [1.82, 2.24) is 9.97 Å². The Kier molecular flexibility index (Phi) is 4.46. The molecule has 2 rings (SSSR count). The number of nitrogens with zero attached hydrogens (tertiary/aromatic N) is 2. The lowest BCUT2D eigenvalue weighted by Gasteiger charge is -2.10. The van der Waals surface area contributed by atoms with Crippen molar-refractivity contribution < 1.29 is 19.7 Å². The Balaban J connectivity index is 2.50. The summed E-state index contributed by atoms with van der Waals surface area (Å²) in [6.45, 7) is -0.517. The summed E-state index contributed by atoms with van der Waals surface area (Å²) in [5.74, 6) is -0.346. The number of ether oxygens (including phenoxy) is 1. The minimum absolute atomic E-state index is 0.132. The van der Waals surface area contributed by atoms with Crippen LogP contribution in [0.2, 0.25) is 0 Å². The molecule has 0 saturated heterocycles. The van der Waals surface area contributed by atoms with Crippen LogP contribution in [0.3, 0.4) is 0 Å². The SMILES string of the molecule is COc1ccc(-c2cc([C@H](O)CO)nc(C(N)=O)n2)cc1. The quantitative estimate of drug-likeness (QED) is 0.727. The Bertz CT molecular complexity index is 643. The van der Waals surface area contributed by atoms with Crippen LogP contribution in [0.25, 0.3) is 11.3 Å². The molecule has 7 nitrogen and oxygen atoms in total. The molecule has 0 unspecified atom stereocenters. The highest BCUT2D eigenvalue weighted by Crippen LogP contribution is 2.23. The lowest BCUT2D eigenvalue weighted by Crippen LogP contribution is -2.18. The van der Waals surface area contributed by atoms with Crippen LogP contribution in [0.4, 0.5) is 0 Å². The number of methoxy groups -OCH3 is 1. The maximum absolute atomic E-state index is 11.3. The number of rotatable bonds is 5. The molecular weight excluding hydrogens is 274 g/mol. The Hall–Kier alpha value is -2.51. The van der Waals surface area contributed by atoms with E-state index < -0.39 is 18.6 Å². The van der Waals surface area contributed by atoms with Gasteiger partial charge in [0.05, 0.1) is 25.1 Å². The van der Waals surface area contributed by atoms with E-state index in [1.54, 1.807) is 31.4 Å². The first kappa shape index (κ1) is 14.9. The average Bonchev–Trinajstić information content (AvgIpc) is 2.53. The normalized spacial score (nSPS) is 12.0. The van der Waals surface area contributed by atoms with Gasteiger partial charge in [-0.3, -0.25) is 4.79 Å². The fourth-order valence-corrected chi connectivity index (χ4v) is 1.75. The molecule has 21 heavy (non-hydrogen) atoms. The van der Waals surface area contributed by atoms with Gasteiger partial charge in [0.2, 0.25) is 5.82 Å². The second-order valence-corrected chi connectivity index (χ2v) is 4.29. The first-order chi connectivity index (χ1) is 10.0. The minimum atomic E-state index is -1.21. The van der Waals surface area contributed by atoms with Crippen molar-refractivity contribution in [2.45, 2.75) is 6.10 Å². The summed E-state index contributed by atoms with van der Waals surface area (Å²) in [7, 11) is 1.56. The van der Waals surface area contributed by atoms with Crippen LogP contribution in [-0.4, -0.2) is 39.8 Å². The van der Waals surface area contributed by atoms with Gasteiger partial charge in [-0.25, -0.2) is 9.97 Å². The van der Waals surface area contributed by atoms with E-state index in [1.165, 1.54) is 6.07 Å². The molecule has 0 aliphatic rings. The van der Waals surface area contributed by atoms with E-state index in [1.807, 2.05) is 0 Å². The van der Waals surface area contributed by atoms with Gasteiger partial charge in [0.25, 0.3) is 5.91 Å². The van der Waals surface area contributed by atoms with Gasteiger partial charge in [0.1, 0.15) is 11.9 Å². The second-order valence-electron chi connectivity index (χ2n) is 4.29. The molecule has 0 fully saturated rings. The van der Waals surface area contributed by atoms with Gasteiger partial charge in [-0.15, -0.1) is 0 Å². The Morgan fingerprint density at radius 2 is 2.00 bits per heavy atom. The van der Waals surface area contributed by atoms with Crippen LogP contribution in [0.15, 0.2) is 30.3 Å². The van der Waals surface area contributed by atoms with E-state index in [4.69, 9.17) is 15.6 Å². The van der Waals surface area contributed by atoms with Crippen molar-refractivity contribution >= 4 is 5.91 Å². The Morgan fingerprint density at radius 1 is 1.33 bits per heavy atom. The van der Waals surface area contributed by atoms with Gasteiger partial charge in [0, 0.05) is 5.56 Å². The number of benzene rings is 1. The summed E-state index contributed by atoms with van der Waals surface area (Å²) < 4.78 is 5.07. The van der Waals surface area contributed by atoms with Crippen LogP contribution in [0.5, 0.6) is 5.75 Å². The van der Waals surface area contributed by atoms with Crippen LogP contribution in [0, 0.1) is 0 Å². The molecule has 0 radical (unpaired) electrons. The standard InChI is InChI=1S/C14H15N3O4/c1-21-9-4-2-8(3-5-9)10-6-11(12(19)7-18)17-14(16-10)13(15)20/h2-6,12,18-19H,7H2,1H3,(H2,15,20)/t12-/m1/s1. The number of carbonyl (C=O) groups is 1. The second kappa shape index (κ2) is 6.29. The minimum Gasteiger partial charge on any atom is -0.497 e. The Morgan fingerprint density at radius 3 is 2.52 bits per heavy atom. The number of amides is 1. The molecule has 0 bridgehead atoms. The van der Waals surface area contributed by atoms with Gasteiger partial charge < -0.3 is 20.7 Å². The van der Waals surface area contributed by atoms with E-state index in [0.29, 0.717) is 17.0 Å². The lowest BCUT2D eigenvalue weighted by molar-refractivity contribution is 0.0909. The number of hydrogen-bond acceptors (Lipinski definition) is 6. The van der Waals surface area contributed by atoms with Gasteiger partial charge >= 0.3 is 0 Å². The van der Waals surface area contributed by atoms with E-state index in [0.717, 1.165) is 0 Å². The smallest absolute Gasteiger partial charge is 0.286 e. The van der Waals surface area contributed by atoms with Gasteiger partial charge in [-0.2, -0.15) is 0 Å². The van der Waals surface area contributed by atoms with Crippen LogP contribution < -0.4 is 10.5 Å². The predicted molar refractivity (Wildman–Crippen MR) is 74.6 cm³/mol. The molecule has 7 heteroatoms. The molecule has 1 atom stereocenters. The number of nitrogens with two attached hydrogens (primary N) is 1. The van der Waals surface area contributed by atoms with Crippen molar-refractivity contribution in [2.75, 3.05) is 13.7 Å². The lowest BCUT2D eigenvalue weighted by atomic mass is 10.1. The van der Waals surface area contributed by atoms with Gasteiger partial charge in [-0.05, 0) is 30.3 Å². The first-order valence-corrected chi connectivity index (χ1v) is 6.17. The third kappa shape index (κ3) is 3.33. The number of aromatic nitrogens is 2. The molecule has 4 N–H and O–H groups in total. The average molecular weight is 289 g/mol. The molecular formula is C14H15N3O4. The summed E-state index contributed by atoms with van der Waals surface area (Å²) in [5, 5.41) is 18.7. The molecule has 0 aliphatic heterocycles. The zero-order valence-electron chi connectivity index (χ0n) is 11.4. The van der Waals surface area contributed by atoms with Crippen LogP contribution >= 0.6 is 0 Å². The summed E-state index contributed by atoms with van der Waals surface area (Å²) >= 11 is 0. The molecule has 0 aliphatic carbocycles. The van der Waals surface area contributed by atoms with Crippen LogP contribution in [-0.2, 0) is 0 Å².